The molecule has 3 amide bonds. The van der Waals surface area contributed by atoms with Gasteiger partial charge in [0.2, 0.25) is 5.96 Å². The SMILES string of the molecule is CC(C)(C)[Si](C)(C)OC[C@H]1O[C@@H](N2C(=O)N=C3C(=O)NC(N)=N[C@]32OO)[C@H](O[Si](C)(C)C(C)(C)C)[C@@H]1O[Si](C)(C)C(C)(C)C. The molecule has 5 atom stereocenters. The highest BCUT2D eigenvalue weighted by atomic mass is 28.4. The van der Waals surface area contributed by atoms with Gasteiger partial charge in [-0.2, -0.15) is 14.9 Å². The van der Waals surface area contributed by atoms with Gasteiger partial charge in [0.15, 0.2) is 36.9 Å². The first-order valence-corrected chi connectivity index (χ1v) is 23.9. The number of carbonyl (C=O) groups excluding carboxylic acids is 2. The summed E-state index contributed by atoms with van der Waals surface area (Å²) >= 11 is 0. The highest BCUT2D eigenvalue weighted by Crippen LogP contribution is 2.47. The summed E-state index contributed by atoms with van der Waals surface area (Å²) < 4.78 is 27.5. The van der Waals surface area contributed by atoms with Gasteiger partial charge in [-0.05, 0) is 54.4 Å². The molecule has 0 aromatic carbocycles. The number of guanidine groups is 1. The van der Waals surface area contributed by atoms with Crippen LogP contribution in [0.5, 0.6) is 0 Å². The van der Waals surface area contributed by atoms with E-state index in [0.717, 1.165) is 4.90 Å². The van der Waals surface area contributed by atoms with Crippen LogP contribution in [0.4, 0.5) is 4.79 Å². The summed E-state index contributed by atoms with van der Waals surface area (Å²) in [6, 6.07) is -0.895. The first-order valence-electron chi connectivity index (χ1n) is 15.2. The molecule has 4 N–H and O–H groups in total. The zero-order valence-electron chi connectivity index (χ0n) is 29.2. The molecule has 0 aromatic rings. The zero-order chi connectivity index (χ0) is 34.1. The first kappa shape index (κ1) is 37.0. The molecule has 3 aliphatic heterocycles. The second-order valence-corrected chi connectivity index (χ2v) is 30.9. The number of nitrogens with zero attached hydrogens (tertiary/aromatic N) is 3. The van der Waals surface area contributed by atoms with Crippen LogP contribution in [0.15, 0.2) is 9.98 Å². The van der Waals surface area contributed by atoms with Gasteiger partial charge in [-0.1, -0.05) is 62.3 Å². The van der Waals surface area contributed by atoms with Crippen molar-refractivity contribution in [2.75, 3.05) is 6.61 Å². The maximum atomic E-state index is 13.6. The molecule has 0 spiro atoms. The van der Waals surface area contributed by atoms with Crippen molar-refractivity contribution in [1.82, 2.24) is 10.2 Å². The number of ether oxygens (including phenoxy) is 1. The third kappa shape index (κ3) is 6.64. The monoisotopic (exact) mass is 673 g/mol. The van der Waals surface area contributed by atoms with Gasteiger partial charge >= 0.3 is 11.9 Å². The second-order valence-electron chi connectivity index (χ2n) is 16.6. The van der Waals surface area contributed by atoms with E-state index in [4.69, 9.17) is 28.6 Å². The van der Waals surface area contributed by atoms with Gasteiger partial charge in [-0.25, -0.2) is 15.0 Å². The third-order valence-electron chi connectivity index (χ3n) is 10.3. The van der Waals surface area contributed by atoms with Gasteiger partial charge in [0.25, 0.3) is 5.91 Å². The van der Waals surface area contributed by atoms with Crippen LogP contribution in [0.3, 0.4) is 0 Å². The van der Waals surface area contributed by atoms with E-state index in [2.05, 4.69) is 117 Å². The zero-order valence-corrected chi connectivity index (χ0v) is 32.2. The lowest BCUT2D eigenvalue weighted by molar-refractivity contribution is -0.340. The van der Waals surface area contributed by atoms with Crippen molar-refractivity contribution in [2.24, 2.45) is 15.7 Å². The van der Waals surface area contributed by atoms with Crippen LogP contribution in [0, 0.1) is 0 Å². The summed E-state index contributed by atoms with van der Waals surface area (Å²) in [5.41, 5.74) is 5.44. The molecule has 3 heterocycles. The lowest BCUT2D eigenvalue weighted by atomic mass is 10.1. The molecule has 3 aliphatic rings. The van der Waals surface area contributed by atoms with Gasteiger partial charge < -0.3 is 23.7 Å². The Morgan fingerprint density at radius 1 is 0.886 bits per heavy atom. The van der Waals surface area contributed by atoms with E-state index >= 15 is 0 Å². The quantitative estimate of drug-likeness (QED) is 0.174. The highest BCUT2D eigenvalue weighted by molar-refractivity contribution is 6.75. The van der Waals surface area contributed by atoms with Crippen LogP contribution < -0.4 is 11.1 Å². The minimum absolute atomic E-state index is 0.0675. The fourth-order valence-corrected chi connectivity index (χ4v) is 8.00. The predicted octanol–water partition coefficient (Wildman–Crippen LogP) is 4.98. The minimum atomic E-state index is -2.57. The number of hydrogen-bond acceptors (Lipinski definition) is 10. The summed E-state index contributed by atoms with van der Waals surface area (Å²) in [6.45, 7) is 32.2. The smallest absolute Gasteiger partial charge is 0.350 e. The molecule has 1 fully saturated rings. The van der Waals surface area contributed by atoms with Crippen molar-refractivity contribution < 1.29 is 37.7 Å². The van der Waals surface area contributed by atoms with Gasteiger partial charge in [-0.3, -0.25) is 10.1 Å². The normalized spacial score (nSPS) is 29.0. The highest BCUT2D eigenvalue weighted by Gasteiger charge is 2.65. The Morgan fingerprint density at radius 3 is 1.82 bits per heavy atom. The van der Waals surface area contributed by atoms with E-state index in [1.54, 1.807) is 0 Å². The van der Waals surface area contributed by atoms with E-state index in [1.165, 1.54) is 0 Å². The van der Waals surface area contributed by atoms with E-state index in [9.17, 15) is 14.8 Å². The largest absolute Gasteiger partial charge is 0.414 e. The number of urea groups is 1. The molecule has 0 bridgehead atoms. The molecular formula is C28H55N5O8Si3. The van der Waals surface area contributed by atoms with Crippen molar-refractivity contribution in [2.45, 2.75) is 147 Å². The van der Waals surface area contributed by atoms with Crippen LogP contribution >= 0.6 is 0 Å². The fourth-order valence-electron chi connectivity index (χ4n) is 4.39. The Hall–Kier alpha value is -1.51. The number of nitrogens with two attached hydrogens (primary N) is 1. The number of nitrogens with one attached hydrogen (secondary N) is 1. The second kappa shape index (κ2) is 11.6. The number of fused-ring (bicyclic) bond motifs is 1. The standard InChI is InChI=1S/C28H55N5O8Si3/c1-25(2,3)42(10,11)37-16-17-18(39-43(12,13)26(4,5)6)19(40-44(14,15)27(7,8)9)22(38-17)33-24(35)30-20-21(34)31-23(29)32-28(20,33)41-36/h17-19,22,36H,16H2,1-15H3,(H3,29,31,32,34)/t17-,18-,19-,22-,28-/m1/s1. The molecule has 1 saturated heterocycles. The van der Waals surface area contributed by atoms with Crippen LogP contribution in [-0.2, 0) is 27.7 Å². The summed E-state index contributed by atoms with van der Waals surface area (Å²) in [7, 11) is -7.28. The molecular weight excluding hydrogens is 619 g/mol. The Morgan fingerprint density at radius 2 is 1.36 bits per heavy atom. The topological polar surface area (TPSA) is 167 Å². The molecule has 0 aromatic heterocycles. The Kier molecular flexibility index (Phi) is 9.76. The maximum absolute atomic E-state index is 13.6. The molecule has 16 heteroatoms. The third-order valence-corrected chi connectivity index (χ3v) is 23.8. The summed E-state index contributed by atoms with van der Waals surface area (Å²) in [5, 5.41) is 12.1. The Balaban J connectivity index is 2.21. The van der Waals surface area contributed by atoms with Crippen LogP contribution in [-0.4, -0.2) is 95.7 Å². The van der Waals surface area contributed by atoms with Crippen molar-refractivity contribution >= 4 is 48.6 Å². The van der Waals surface area contributed by atoms with E-state index < -0.39 is 73.0 Å². The molecule has 13 nitrogen and oxygen atoms in total. The lowest BCUT2D eigenvalue weighted by Crippen LogP contribution is -2.66. The van der Waals surface area contributed by atoms with Gasteiger partial charge in [0.05, 0.1) is 6.61 Å². The Labute approximate surface area is 265 Å². The molecule has 44 heavy (non-hydrogen) atoms. The number of carbonyl (C=O) groups is 2. The predicted molar refractivity (Wildman–Crippen MR) is 177 cm³/mol. The molecule has 0 saturated carbocycles. The van der Waals surface area contributed by atoms with Crippen molar-refractivity contribution in [3.63, 3.8) is 0 Å². The number of rotatable bonds is 9. The van der Waals surface area contributed by atoms with E-state index in [-0.39, 0.29) is 27.7 Å². The molecule has 0 aliphatic carbocycles. The van der Waals surface area contributed by atoms with Crippen LogP contribution in [0.25, 0.3) is 0 Å². The van der Waals surface area contributed by atoms with E-state index in [1.807, 2.05) is 0 Å². The van der Waals surface area contributed by atoms with Gasteiger partial charge in [0, 0.05) is 0 Å². The molecule has 252 valence electrons. The first-order chi connectivity index (χ1) is 19.6. The molecule has 0 unspecified atom stereocenters. The summed E-state index contributed by atoms with van der Waals surface area (Å²) in [6.07, 6.45) is -3.45. The average molecular weight is 674 g/mol. The van der Waals surface area contributed by atoms with Crippen molar-refractivity contribution in [3.8, 4) is 0 Å². The lowest BCUT2D eigenvalue weighted by Gasteiger charge is -2.45. The van der Waals surface area contributed by atoms with Crippen molar-refractivity contribution in [1.29, 1.82) is 0 Å². The van der Waals surface area contributed by atoms with Crippen molar-refractivity contribution in [3.05, 3.63) is 0 Å². The summed E-state index contributed by atoms with van der Waals surface area (Å²) in [5.74, 6) is -3.54. The number of aliphatic imine (C=N–C) groups is 2. The fraction of sp³-hybridized carbons (Fsp3) is 0.857. The summed E-state index contributed by atoms with van der Waals surface area (Å²) in [4.78, 5) is 40.4. The molecule has 0 radical (unpaired) electrons. The maximum Gasteiger partial charge on any atom is 0.350 e. The van der Waals surface area contributed by atoms with E-state index in [0.29, 0.717) is 0 Å². The minimum Gasteiger partial charge on any atom is -0.414 e. The van der Waals surface area contributed by atoms with Crippen LogP contribution in [0.2, 0.25) is 54.4 Å². The molecule has 3 rings (SSSR count). The number of hydrogen-bond donors (Lipinski definition) is 3. The van der Waals surface area contributed by atoms with Gasteiger partial charge in [0.1, 0.15) is 18.3 Å². The van der Waals surface area contributed by atoms with Crippen LogP contribution in [0.1, 0.15) is 62.3 Å². The number of amides is 3. The van der Waals surface area contributed by atoms with Gasteiger partial charge in [-0.15, -0.1) is 0 Å². The average Bonchev–Trinajstić information content (AvgIpc) is 3.29. The Bertz CT molecular complexity index is 1210.